The van der Waals surface area contributed by atoms with Crippen LogP contribution >= 0.6 is 27.5 Å². The minimum absolute atomic E-state index is 0.00199. The van der Waals surface area contributed by atoms with Crippen LogP contribution < -0.4 is 5.32 Å². The van der Waals surface area contributed by atoms with E-state index < -0.39 is 0 Å². The molecule has 3 nitrogen and oxygen atoms in total. The van der Waals surface area contributed by atoms with Crippen LogP contribution in [0.3, 0.4) is 0 Å². The lowest BCUT2D eigenvalue weighted by Gasteiger charge is -2.19. The molecule has 0 aliphatic carbocycles. The summed E-state index contributed by atoms with van der Waals surface area (Å²) in [5.41, 5.74) is 1.04. The average Bonchev–Trinajstić information content (AvgIpc) is 2.82. The van der Waals surface area contributed by atoms with Gasteiger partial charge in [-0.05, 0) is 31.2 Å². The number of imidazole rings is 1. The molecule has 19 heavy (non-hydrogen) atoms. The van der Waals surface area contributed by atoms with E-state index in [0.717, 1.165) is 33.8 Å². The van der Waals surface area contributed by atoms with Crippen LogP contribution in [0.5, 0.6) is 0 Å². The fourth-order valence-corrected chi connectivity index (χ4v) is 2.95. The third kappa shape index (κ3) is 3.19. The lowest BCUT2D eigenvalue weighted by Crippen LogP contribution is -2.22. The second-order valence-electron chi connectivity index (χ2n) is 4.37. The molecule has 0 aliphatic rings. The van der Waals surface area contributed by atoms with Crippen molar-refractivity contribution in [1.29, 1.82) is 0 Å². The summed E-state index contributed by atoms with van der Waals surface area (Å²) in [6.07, 6.45) is 4.92. The van der Waals surface area contributed by atoms with Gasteiger partial charge in [0.1, 0.15) is 5.82 Å². The Balaban J connectivity index is 2.41. The van der Waals surface area contributed by atoms with E-state index in [1.807, 2.05) is 37.6 Å². The maximum absolute atomic E-state index is 6.34. The molecular weight excluding hydrogens is 326 g/mol. The summed E-state index contributed by atoms with van der Waals surface area (Å²) in [4.78, 5) is 4.48. The Labute approximate surface area is 127 Å². The molecule has 0 bridgehead atoms. The highest BCUT2D eigenvalue weighted by Gasteiger charge is 2.19. The van der Waals surface area contributed by atoms with E-state index in [1.165, 1.54) is 0 Å². The smallest absolute Gasteiger partial charge is 0.130 e. The van der Waals surface area contributed by atoms with Crippen molar-refractivity contribution >= 4 is 27.5 Å². The number of hydrogen-bond acceptors (Lipinski definition) is 2. The van der Waals surface area contributed by atoms with Crippen LogP contribution in [0.4, 0.5) is 0 Å². The van der Waals surface area contributed by atoms with E-state index in [2.05, 4.69) is 37.7 Å². The topological polar surface area (TPSA) is 29.9 Å². The van der Waals surface area contributed by atoms with E-state index >= 15 is 0 Å². The molecule has 1 aromatic carbocycles. The zero-order valence-electron chi connectivity index (χ0n) is 11.0. The van der Waals surface area contributed by atoms with Crippen molar-refractivity contribution in [3.63, 3.8) is 0 Å². The normalized spacial score (nSPS) is 12.6. The predicted octanol–water partition coefficient (Wildman–Crippen LogP) is 4.02. The fraction of sp³-hybridized carbons (Fsp3) is 0.357. The second-order valence-corrected chi connectivity index (χ2v) is 5.69. The van der Waals surface area contributed by atoms with Crippen molar-refractivity contribution in [2.24, 2.45) is 0 Å². The lowest BCUT2D eigenvalue weighted by atomic mass is 10.1. The molecule has 0 amide bonds. The Hall–Kier alpha value is -0.840. The summed E-state index contributed by atoms with van der Waals surface area (Å²) in [6.45, 7) is 3.12. The summed E-state index contributed by atoms with van der Waals surface area (Å²) in [6, 6.07) is 5.94. The Morgan fingerprint density at radius 3 is 2.89 bits per heavy atom. The van der Waals surface area contributed by atoms with Gasteiger partial charge < -0.3 is 9.88 Å². The maximum atomic E-state index is 6.34. The number of halogens is 2. The number of aryl methyl sites for hydroxylation is 1. The van der Waals surface area contributed by atoms with E-state index in [0.29, 0.717) is 0 Å². The standard InChI is InChI=1S/C14H17BrClN3/c1-3-7-19-8-6-18-14(19)13(17-2)11-5-4-10(15)9-12(11)16/h4-6,8-9,13,17H,3,7H2,1-2H3. The van der Waals surface area contributed by atoms with E-state index in [1.54, 1.807) is 0 Å². The molecule has 0 saturated heterocycles. The van der Waals surface area contributed by atoms with Gasteiger partial charge in [-0.3, -0.25) is 0 Å². The molecule has 2 rings (SSSR count). The molecule has 0 radical (unpaired) electrons. The average molecular weight is 343 g/mol. The van der Waals surface area contributed by atoms with Crippen LogP contribution in [0, 0.1) is 0 Å². The third-order valence-electron chi connectivity index (χ3n) is 3.03. The molecule has 0 saturated carbocycles. The fourth-order valence-electron chi connectivity index (χ4n) is 2.17. The van der Waals surface area contributed by atoms with E-state index in [4.69, 9.17) is 11.6 Å². The summed E-state index contributed by atoms with van der Waals surface area (Å²) in [7, 11) is 1.92. The molecular formula is C14H17BrClN3. The minimum Gasteiger partial charge on any atom is -0.333 e. The number of hydrogen-bond donors (Lipinski definition) is 1. The lowest BCUT2D eigenvalue weighted by molar-refractivity contribution is 0.568. The number of nitrogens with zero attached hydrogens (tertiary/aromatic N) is 2. The first-order valence-electron chi connectivity index (χ1n) is 6.30. The van der Waals surface area contributed by atoms with Gasteiger partial charge in [0.2, 0.25) is 0 Å². The van der Waals surface area contributed by atoms with Crippen LogP contribution in [0.1, 0.15) is 30.8 Å². The van der Waals surface area contributed by atoms with Gasteiger partial charge in [-0.1, -0.05) is 40.5 Å². The monoisotopic (exact) mass is 341 g/mol. The maximum Gasteiger partial charge on any atom is 0.130 e. The highest BCUT2D eigenvalue weighted by Crippen LogP contribution is 2.29. The molecule has 1 heterocycles. The van der Waals surface area contributed by atoms with E-state index in [9.17, 15) is 0 Å². The van der Waals surface area contributed by atoms with Gasteiger partial charge in [0.05, 0.1) is 6.04 Å². The van der Waals surface area contributed by atoms with Gasteiger partial charge in [-0.2, -0.15) is 0 Å². The zero-order valence-corrected chi connectivity index (χ0v) is 13.4. The van der Waals surface area contributed by atoms with Gasteiger partial charge in [-0.25, -0.2) is 4.98 Å². The largest absolute Gasteiger partial charge is 0.333 e. The second kappa shape index (κ2) is 6.55. The van der Waals surface area contributed by atoms with Crippen LogP contribution in [0.25, 0.3) is 0 Å². The Kier molecular flexibility index (Phi) is 5.02. The van der Waals surface area contributed by atoms with Crippen molar-refractivity contribution in [3.8, 4) is 0 Å². The number of benzene rings is 1. The highest BCUT2D eigenvalue weighted by atomic mass is 79.9. The van der Waals surface area contributed by atoms with Crippen LogP contribution in [-0.2, 0) is 6.54 Å². The Bertz CT molecular complexity index is 553. The molecule has 0 spiro atoms. The first kappa shape index (κ1) is 14.6. The summed E-state index contributed by atoms with van der Waals surface area (Å²) >= 11 is 9.77. The first-order chi connectivity index (χ1) is 9.17. The van der Waals surface area contributed by atoms with Gasteiger partial charge in [0.25, 0.3) is 0 Å². The van der Waals surface area contributed by atoms with Gasteiger partial charge in [0.15, 0.2) is 0 Å². The summed E-state index contributed by atoms with van der Waals surface area (Å²) in [5.74, 6) is 0.994. The third-order valence-corrected chi connectivity index (χ3v) is 3.85. The SMILES string of the molecule is CCCn1ccnc1C(NC)c1ccc(Br)cc1Cl. The van der Waals surface area contributed by atoms with Crippen molar-refractivity contribution in [3.05, 3.63) is 51.5 Å². The van der Waals surface area contributed by atoms with Crippen molar-refractivity contribution in [2.75, 3.05) is 7.05 Å². The molecule has 2 aromatic rings. The number of aromatic nitrogens is 2. The molecule has 0 fully saturated rings. The Morgan fingerprint density at radius 1 is 1.47 bits per heavy atom. The van der Waals surface area contributed by atoms with Gasteiger partial charge >= 0.3 is 0 Å². The van der Waals surface area contributed by atoms with Crippen LogP contribution in [-0.4, -0.2) is 16.6 Å². The van der Waals surface area contributed by atoms with Crippen molar-refractivity contribution < 1.29 is 0 Å². The Morgan fingerprint density at radius 2 is 2.26 bits per heavy atom. The minimum atomic E-state index is 0.00199. The van der Waals surface area contributed by atoms with Crippen LogP contribution in [0.2, 0.25) is 5.02 Å². The van der Waals surface area contributed by atoms with Crippen molar-refractivity contribution in [2.45, 2.75) is 25.9 Å². The highest BCUT2D eigenvalue weighted by molar-refractivity contribution is 9.10. The molecule has 1 aromatic heterocycles. The molecule has 5 heteroatoms. The van der Waals surface area contributed by atoms with Crippen molar-refractivity contribution in [1.82, 2.24) is 14.9 Å². The zero-order chi connectivity index (χ0) is 13.8. The molecule has 0 aliphatic heterocycles. The van der Waals surface area contributed by atoms with E-state index in [-0.39, 0.29) is 6.04 Å². The molecule has 1 unspecified atom stereocenters. The summed E-state index contributed by atoms with van der Waals surface area (Å²) < 4.78 is 3.15. The van der Waals surface area contributed by atoms with Gasteiger partial charge in [-0.15, -0.1) is 0 Å². The predicted molar refractivity (Wildman–Crippen MR) is 82.6 cm³/mol. The molecule has 102 valence electrons. The summed E-state index contributed by atoms with van der Waals surface area (Å²) in [5, 5.41) is 4.03. The van der Waals surface area contributed by atoms with Gasteiger partial charge in [0, 0.05) is 28.4 Å². The van der Waals surface area contributed by atoms with Crippen LogP contribution in [0.15, 0.2) is 35.1 Å². The number of nitrogens with one attached hydrogen (secondary N) is 1. The molecule has 1 atom stereocenters. The molecule has 1 N–H and O–H groups in total. The quantitative estimate of drug-likeness (QED) is 0.889. The first-order valence-corrected chi connectivity index (χ1v) is 7.47. The number of rotatable bonds is 5.